The number of primary amides is 1. The second kappa shape index (κ2) is 9.30. The van der Waals surface area contributed by atoms with Gasteiger partial charge in [0.25, 0.3) is 5.91 Å². The van der Waals surface area contributed by atoms with E-state index in [1.165, 1.54) is 12.8 Å². The van der Waals surface area contributed by atoms with Crippen LogP contribution in [-0.2, 0) is 22.6 Å². The number of aliphatic hydroxyl groups excluding tert-OH is 2. The van der Waals surface area contributed by atoms with Gasteiger partial charge in [0.15, 0.2) is 11.4 Å². The molecule has 220 valence electrons. The molecule has 3 fully saturated rings. The summed E-state index contributed by atoms with van der Waals surface area (Å²) in [6.45, 7) is 2.37. The van der Waals surface area contributed by atoms with Crippen LogP contribution in [0, 0.1) is 23.7 Å². The third kappa shape index (κ3) is 3.85. The zero-order valence-corrected chi connectivity index (χ0v) is 23.8. The Kier molecular flexibility index (Phi) is 6.29. The number of carbonyl (C=O) groups excluding carboxylic acids is 3. The summed E-state index contributed by atoms with van der Waals surface area (Å²) in [7, 11) is 6.97. The SMILES string of the molecule is CN(C)c1cc(CN2CC3CC(C3)C2)c(O)c2c1C[C@H]1C[C@H]3[C@H](N(C)C)C(O)=C(C(N)=O)C(=O)[C@@]3(O)C(O)=C1C2=O. The van der Waals surface area contributed by atoms with E-state index in [2.05, 4.69) is 4.90 Å². The molecule has 0 unspecified atom stereocenters. The molecule has 4 atom stereocenters. The van der Waals surface area contributed by atoms with Gasteiger partial charge in [-0.1, -0.05) is 0 Å². The van der Waals surface area contributed by atoms with E-state index in [9.17, 15) is 34.8 Å². The second-order valence-corrected chi connectivity index (χ2v) is 13.0. The highest BCUT2D eigenvalue weighted by Gasteiger charge is 2.63. The number of nitrogens with two attached hydrogens (primary N) is 1. The zero-order chi connectivity index (χ0) is 29.7. The van der Waals surface area contributed by atoms with Crippen molar-refractivity contribution >= 4 is 23.2 Å². The van der Waals surface area contributed by atoms with E-state index in [4.69, 9.17) is 5.73 Å². The van der Waals surface area contributed by atoms with E-state index >= 15 is 0 Å². The van der Waals surface area contributed by atoms with Crippen molar-refractivity contribution in [2.75, 3.05) is 46.2 Å². The number of aliphatic hydroxyl groups is 3. The third-order valence-corrected chi connectivity index (χ3v) is 10.0. The number of carbonyl (C=O) groups is 3. The van der Waals surface area contributed by atoms with Crippen molar-refractivity contribution in [3.8, 4) is 5.75 Å². The number of phenolic OH excluding ortho intramolecular Hbond substituents is 1. The van der Waals surface area contributed by atoms with Crippen molar-refractivity contribution in [2.24, 2.45) is 29.4 Å². The van der Waals surface area contributed by atoms with Gasteiger partial charge >= 0.3 is 0 Å². The molecule has 11 heteroatoms. The monoisotopic (exact) mass is 566 g/mol. The molecule has 0 spiro atoms. The minimum Gasteiger partial charge on any atom is -0.510 e. The summed E-state index contributed by atoms with van der Waals surface area (Å²) in [6.07, 6.45) is 2.82. The topological polar surface area (TPSA) is 168 Å². The Morgan fingerprint density at radius 1 is 1.07 bits per heavy atom. The predicted molar refractivity (Wildman–Crippen MR) is 149 cm³/mol. The maximum Gasteiger partial charge on any atom is 0.255 e. The lowest BCUT2D eigenvalue weighted by Gasteiger charge is -2.50. The quantitative estimate of drug-likeness (QED) is 0.325. The van der Waals surface area contributed by atoms with Crippen molar-refractivity contribution in [2.45, 2.75) is 43.9 Å². The average molecular weight is 567 g/mol. The van der Waals surface area contributed by atoms with Gasteiger partial charge in [-0.05, 0) is 69.2 Å². The zero-order valence-electron chi connectivity index (χ0n) is 23.8. The Morgan fingerprint density at radius 2 is 1.71 bits per heavy atom. The van der Waals surface area contributed by atoms with Crippen LogP contribution < -0.4 is 10.6 Å². The van der Waals surface area contributed by atoms with Gasteiger partial charge in [0.1, 0.15) is 22.8 Å². The summed E-state index contributed by atoms with van der Waals surface area (Å²) in [6, 6.07) is 0.913. The van der Waals surface area contributed by atoms with E-state index in [1.807, 2.05) is 25.1 Å². The van der Waals surface area contributed by atoms with E-state index in [0.29, 0.717) is 29.5 Å². The van der Waals surface area contributed by atoms with Crippen LogP contribution in [0.5, 0.6) is 5.75 Å². The second-order valence-electron chi connectivity index (χ2n) is 13.0. The number of hydrogen-bond acceptors (Lipinski definition) is 10. The number of phenols is 1. The number of ketones is 2. The molecule has 0 radical (unpaired) electrons. The molecule has 1 aromatic carbocycles. The molecule has 2 saturated heterocycles. The van der Waals surface area contributed by atoms with Crippen LogP contribution in [0.3, 0.4) is 0 Å². The normalized spacial score (nSPS) is 32.9. The molecule has 6 aliphatic rings. The summed E-state index contributed by atoms with van der Waals surface area (Å²) in [5.41, 5.74) is 3.92. The standard InChI is InChI=1S/C30H38N4O7/c1-32(2)19-9-16(12-34-10-13-5-14(6-13)11-34)24(35)21-17(19)7-15-8-18-23(33(3)4)26(37)22(29(31)40)28(39)30(18,41)27(38)20(15)25(21)36/h9,13-15,18,23,35,37-38,41H,5-8,10-12H2,1-4H3,(H2,31,40)/t13?,14?,15-,18-,23-,30-/m0/s1. The van der Waals surface area contributed by atoms with Crippen molar-refractivity contribution in [1.82, 2.24) is 9.80 Å². The molecular formula is C30H38N4O7. The molecule has 7 rings (SSSR count). The molecule has 2 heterocycles. The highest BCUT2D eigenvalue weighted by molar-refractivity contribution is 6.25. The molecular weight excluding hydrogens is 528 g/mol. The number of allylic oxidation sites excluding steroid dienone is 1. The first-order valence-electron chi connectivity index (χ1n) is 14.2. The number of piperidine rings is 2. The molecule has 4 aliphatic carbocycles. The smallest absolute Gasteiger partial charge is 0.255 e. The first-order chi connectivity index (χ1) is 19.2. The fraction of sp³-hybridized carbons (Fsp3) is 0.567. The van der Waals surface area contributed by atoms with Crippen molar-refractivity contribution in [1.29, 1.82) is 0 Å². The van der Waals surface area contributed by atoms with Gasteiger partial charge in [0, 0.05) is 56.5 Å². The Morgan fingerprint density at radius 3 is 2.27 bits per heavy atom. The average Bonchev–Trinajstić information content (AvgIpc) is 2.86. The number of aromatic hydroxyl groups is 1. The molecule has 0 aromatic heterocycles. The van der Waals surface area contributed by atoms with Gasteiger partial charge in [0.05, 0.1) is 11.6 Å². The number of anilines is 1. The van der Waals surface area contributed by atoms with Gasteiger partial charge in [-0.3, -0.25) is 24.2 Å². The van der Waals surface area contributed by atoms with Crippen LogP contribution in [0.1, 0.15) is 40.7 Å². The van der Waals surface area contributed by atoms with Crippen LogP contribution in [-0.4, -0.2) is 101 Å². The summed E-state index contributed by atoms with van der Waals surface area (Å²) in [5.74, 6) is -5.01. The lowest BCUT2D eigenvalue weighted by Crippen LogP contribution is -2.63. The number of amides is 1. The fourth-order valence-corrected chi connectivity index (χ4v) is 8.22. The molecule has 1 saturated carbocycles. The van der Waals surface area contributed by atoms with Crippen molar-refractivity contribution < 1.29 is 34.8 Å². The number of likely N-dealkylation sites (N-methyl/N-ethyl adjacent to an activating group) is 1. The van der Waals surface area contributed by atoms with Crippen LogP contribution in [0.25, 0.3) is 0 Å². The van der Waals surface area contributed by atoms with Gasteiger partial charge < -0.3 is 31.1 Å². The third-order valence-electron chi connectivity index (χ3n) is 10.0. The first kappa shape index (κ1) is 27.7. The minimum absolute atomic E-state index is 0.0640. The Bertz CT molecular complexity index is 1430. The lowest BCUT2D eigenvalue weighted by atomic mass is 9.58. The molecule has 2 aliphatic heterocycles. The first-order valence-corrected chi connectivity index (χ1v) is 14.2. The summed E-state index contributed by atoms with van der Waals surface area (Å²) in [5, 5.41) is 45.8. The fourth-order valence-electron chi connectivity index (χ4n) is 8.22. The Balaban J connectivity index is 1.48. The molecule has 41 heavy (non-hydrogen) atoms. The summed E-state index contributed by atoms with van der Waals surface area (Å²) in [4.78, 5) is 45.6. The molecule has 6 N–H and O–H groups in total. The maximum absolute atomic E-state index is 14.2. The molecule has 2 bridgehead atoms. The highest BCUT2D eigenvalue weighted by atomic mass is 16.3. The highest BCUT2D eigenvalue weighted by Crippen LogP contribution is 2.53. The number of Topliss-reactive ketones (excluding diaryl/α,β-unsaturated/α-hetero) is 2. The maximum atomic E-state index is 14.2. The summed E-state index contributed by atoms with van der Waals surface area (Å²) >= 11 is 0. The number of nitrogens with zero attached hydrogens (tertiary/aromatic N) is 3. The van der Waals surface area contributed by atoms with Crippen LogP contribution in [0.4, 0.5) is 5.69 Å². The van der Waals surface area contributed by atoms with Gasteiger partial charge in [0.2, 0.25) is 5.78 Å². The Labute approximate surface area is 238 Å². The largest absolute Gasteiger partial charge is 0.510 e. The van der Waals surface area contributed by atoms with E-state index in [1.54, 1.807) is 19.0 Å². The number of rotatable bonds is 5. The van der Waals surface area contributed by atoms with E-state index < -0.39 is 58.0 Å². The number of fused-ring (bicyclic) bond motifs is 5. The van der Waals surface area contributed by atoms with Crippen molar-refractivity contribution in [3.05, 3.63) is 45.4 Å². The minimum atomic E-state index is -2.64. The molecule has 1 aromatic rings. The van der Waals surface area contributed by atoms with Crippen LogP contribution in [0.2, 0.25) is 0 Å². The summed E-state index contributed by atoms with van der Waals surface area (Å²) < 4.78 is 0. The lowest BCUT2D eigenvalue weighted by molar-refractivity contribution is -0.148. The molecule has 1 amide bonds. The van der Waals surface area contributed by atoms with Gasteiger partial charge in [-0.25, -0.2) is 0 Å². The van der Waals surface area contributed by atoms with E-state index in [-0.39, 0.29) is 29.7 Å². The number of hydrogen-bond donors (Lipinski definition) is 5. The van der Waals surface area contributed by atoms with Crippen LogP contribution >= 0.6 is 0 Å². The van der Waals surface area contributed by atoms with Gasteiger partial charge in [-0.2, -0.15) is 0 Å². The van der Waals surface area contributed by atoms with Gasteiger partial charge in [-0.15, -0.1) is 0 Å². The molecule has 11 nitrogen and oxygen atoms in total. The Hall–Kier alpha value is -3.41. The van der Waals surface area contributed by atoms with E-state index in [0.717, 1.165) is 18.8 Å². The van der Waals surface area contributed by atoms with Crippen molar-refractivity contribution in [3.63, 3.8) is 0 Å². The number of benzene rings is 1. The predicted octanol–water partition coefficient (Wildman–Crippen LogP) is 1.03. The van der Waals surface area contributed by atoms with Crippen LogP contribution in [0.15, 0.2) is 28.7 Å².